The number of halogens is 2. The lowest BCUT2D eigenvalue weighted by molar-refractivity contribution is 0.543. The molecular weight excluding hydrogens is 370 g/mol. The van der Waals surface area contributed by atoms with Crippen LogP contribution >= 0.6 is 31.9 Å². The summed E-state index contributed by atoms with van der Waals surface area (Å²) in [6.45, 7) is 2.08. The van der Waals surface area contributed by atoms with E-state index in [0.717, 1.165) is 21.1 Å². The molecule has 5 heteroatoms. The minimum atomic E-state index is 0.0572. The van der Waals surface area contributed by atoms with Crippen LogP contribution in [0.25, 0.3) is 0 Å². The van der Waals surface area contributed by atoms with Gasteiger partial charge in [-0.2, -0.15) is 0 Å². The summed E-state index contributed by atoms with van der Waals surface area (Å²) >= 11 is 6.86. The number of hydrazine groups is 1. The van der Waals surface area contributed by atoms with Gasteiger partial charge in [0.2, 0.25) is 0 Å². The molecule has 1 aromatic heterocycles. The van der Waals surface area contributed by atoms with E-state index in [2.05, 4.69) is 61.3 Å². The lowest BCUT2D eigenvalue weighted by Crippen LogP contribution is -2.30. The maximum absolute atomic E-state index is 5.69. The van der Waals surface area contributed by atoms with Crippen LogP contribution in [0.2, 0.25) is 0 Å². The lowest BCUT2D eigenvalue weighted by Gasteiger charge is -2.18. The SMILES string of the molecule is Cc1cc(Br)ccc1C(Cc1ccc(Br)cn1)NN. The van der Waals surface area contributed by atoms with Crippen molar-refractivity contribution < 1.29 is 0 Å². The third-order valence-electron chi connectivity index (χ3n) is 3.01. The Morgan fingerprint density at radius 3 is 2.53 bits per heavy atom. The van der Waals surface area contributed by atoms with Gasteiger partial charge in [0.05, 0.1) is 6.04 Å². The van der Waals surface area contributed by atoms with E-state index in [1.54, 1.807) is 6.20 Å². The van der Waals surface area contributed by atoms with Crippen LogP contribution in [0.4, 0.5) is 0 Å². The second-order valence-electron chi connectivity index (χ2n) is 4.39. The summed E-state index contributed by atoms with van der Waals surface area (Å²) in [6, 6.07) is 10.3. The average molecular weight is 385 g/mol. The van der Waals surface area contributed by atoms with Crippen LogP contribution in [0.15, 0.2) is 45.5 Å². The molecule has 3 nitrogen and oxygen atoms in total. The summed E-state index contributed by atoms with van der Waals surface area (Å²) in [5, 5.41) is 0. The van der Waals surface area contributed by atoms with E-state index in [9.17, 15) is 0 Å². The van der Waals surface area contributed by atoms with Crippen LogP contribution in [0.5, 0.6) is 0 Å². The van der Waals surface area contributed by atoms with E-state index in [0.29, 0.717) is 0 Å². The molecule has 3 N–H and O–H groups in total. The van der Waals surface area contributed by atoms with Crippen molar-refractivity contribution >= 4 is 31.9 Å². The standard InChI is InChI=1S/C14H15Br2N3/c1-9-6-10(15)3-5-13(9)14(19-17)7-12-4-2-11(16)8-18-12/h2-6,8,14,19H,7,17H2,1H3. The quantitative estimate of drug-likeness (QED) is 0.624. The Hall–Kier alpha value is -0.750. The molecular formula is C14H15Br2N3. The topological polar surface area (TPSA) is 50.9 Å². The lowest BCUT2D eigenvalue weighted by atomic mass is 9.98. The average Bonchev–Trinajstić information content (AvgIpc) is 2.39. The molecule has 2 aromatic rings. The predicted octanol–water partition coefficient (Wildman–Crippen LogP) is 3.66. The zero-order valence-corrected chi connectivity index (χ0v) is 13.7. The van der Waals surface area contributed by atoms with E-state index < -0.39 is 0 Å². The number of benzene rings is 1. The Labute approximate surface area is 129 Å². The first-order valence-corrected chi connectivity index (χ1v) is 7.51. The highest BCUT2D eigenvalue weighted by Gasteiger charge is 2.13. The summed E-state index contributed by atoms with van der Waals surface area (Å²) in [5.41, 5.74) is 6.28. The van der Waals surface area contributed by atoms with Crippen molar-refractivity contribution in [2.75, 3.05) is 0 Å². The fourth-order valence-electron chi connectivity index (χ4n) is 2.03. The molecule has 1 unspecified atom stereocenters. The van der Waals surface area contributed by atoms with E-state index in [1.807, 2.05) is 18.2 Å². The number of nitrogens with two attached hydrogens (primary N) is 1. The van der Waals surface area contributed by atoms with Crippen molar-refractivity contribution in [1.29, 1.82) is 0 Å². The largest absolute Gasteiger partial charge is 0.271 e. The van der Waals surface area contributed by atoms with Gasteiger partial charge in [-0.25, -0.2) is 0 Å². The first-order chi connectivity index (χ1) is 9.10. The van der Waals surface area contributed by atoms with E-state index >= 15 is 0 Å². The molecule has 0 radical (unpaired) electrons. The van der Waals surface area contributed by atoms with Gasteiger partial charge in [0.1, 0.15) is 0 Å². The number of hydrogen-bond acceptors (Lipinski definition) is 3. The molecule has 0 fully saturated rings. The zero-order valence-electron chi connectivity index (χ0n) is 10.5. The summed E-state index contributed by atoms with van der Waals surface area (Å²) < 4.78 is 2.06. The van der Waals surface area contributed by atoms with Gasteiger partial charge in [0.15, 0.2) is 0 Å². The maximum Gasteiger partial charge on any atom is 0.0517 e. The van der Waals surface area contributed by atoms with Crippen molar-refractivity contribution in [2.24, 2.45) is 5.84 Å². The first kappa shape index (κ1) is 14.7. The molecule has 2 rings (SSSR count). The minimum Gasteiger partial charge on any atom is -0.271 e. The summed E-state index contributed by atoms with van der Waals surface area (Å²) in [7, 11) is 0. The van der Waals surface area contributed by atoms with Gasteiger partial charge in [-0.1, -0.05) is 22.0 Å². The summed E-state index contributed by atoms with van der Waals surface area (Å²) in [4.78, 5) is 4.39. The zero-order chi connectivity index (χ0) is 13.8. The molecule has 0 spiro atoms. The Morgan fingerprint density at radius 1 is 1.21 bits per heavy atom. The van der Waals surface area contributed by atoms with Gasteiger partial charge < -0.3 is 0 Å². The predicted molar refractivity (Wildman–Crippen MR) is 84.6 cm³/mol. The van der Waals surface area contributed by atoms with Gasteiger partial charge in [0.25, 0.3) is 0 Å². The number of nitrogens with zero attached hydrogens (tertiary/aromatic N) is 1. The number of aryl methyl sites for hydroxylation is 1. The van der Waals surface area contributed by atoms with Crippen LogP contribution in [-0.2, 0) is 6.42 Å². The van der Waals surface area contributed by atoms with Gasteiger partial charge in [-0.3, -0.25) is 16.3 Å². The highest BCUT2D eigenvalue weighted by molar-refractivity contribution is 9.10. The van der Waals surface area contributed by atoms with Gasteiger partial charge in [-0.15, -0.1) is 0 Å². The Balaban J connectivity index is 2.22. The van der Waals surface area contributed by atoms with Crippen LogP contribution in [-0.4, -0.2) is 4.98 Å². The van der Waals surface area contributed by atoms with Crippen molar-refractivity contribution in [1.82, 2.24) is 10.4 Å². The summed E-state index contributed by atoms with van der Waals surface area (Å²) in [5.74, 6) is 5.69. The number of aromatic nitrogens is 1. The summed E-state index contributed by atoms with van der Waals surface area (Å²) in [6.07, 6.45) is 2.56. The molecule has 0 aliphatic heterocycles. The number of rotatable bonds is 4. The monoisotopic (exact) mass is 383 g/mol. The molecule has 19 heavy (non-hydrogen) atoms. The Bertz CT molecular complexity index is 555. The molecule has 100 valence electrons. The number of pyridine rings is 1. The highest BCUT2D eigenvalue weighted by Crippen LogP contribution is 2.24. The van der Waals surface area contributed by atoms with Crippen LogP contribution in [0.3, 0.4) is 0 Å². The molecule has 1 atom stereocenters. The van der Waals surface area contributed by atoms with Gasteiger partial charge in [0, 0.05) is 27.3 Å². The van der Waals surface area contributed by atoms with Crippen molar-refractivity contribution in [3.8, 4) is 0 Å². The molecule has 0 saturated carbocycles. The van der Waals surface area contributed by atoms with E-state index in [-0.39, 0.29) is 6.04 Å². The first-order valence-electron chi connectivity index (χ1n) is 5.92. The van der Waals surface area contributed by atoms with Gasteiger partial charge in [-0.05, 0) is 58.2 Å². The Morgan fingerprint density at radius 2 is 1.95 bits per heavy atom. The Kier molecular flexibility index (Phi) is 5.10. The fraction of sp³-hybridized carbons (Fsp3) is 0.214. The van der Waals surface area contributed by atoms with Crippen LogP contribution in [0.1, 0.15) is 22.9 Å². The third-order valence-corrected chi connectivity index (χ3v) is 3.97. The van der Waals surface area contributed by atoms with Crippen LogP contribution < -0.4 is 11.3 Å². The van der Waals surface area contributed by atoms with Gasteiger partial charge >= 0.3 is 0 Å². The fourth-order valence-corrected chi connectivity index (χ4v) is 2.74. The van der Waals surface area contributed by atoms with Crippen molar-refractivity contribution in [2.45, 2.75) is 19.4 Å². The van der Waals surface area contributed by atoms with E-state index in [4.69, 9.17) is 5.84 Å². The second kappa shape index (κ2) is 6.61. The molecule has 1 heterocycles. The third kappa shape index (κ3) is 3.86. The number of nitrogens with one attached hydrogen (secondary N) is 1. The van der Waals surface area contributed by atoms with Crippen LogP contribution in [0, 0.1) is 6.92 Å². The second-order valence-corrected chi connectivity index (χ2v) is 6.22. The molecule has 1 aromatic carbocycles. The van der Waals surface area contributed by atoms with Crippen molar-refractivity contribution in [3.63, 3.8) is 0 Å². The molecule has 0 amide bonds. The maximum atomic E-state index is 5.69. The normalized spacial score (nSPS) is 12.4. The molecule has 0 bridgehead atoms. The highest BCUT2D eigenvalue weighted by atomic mass is 79.9. The number of hydrogen-bond donors (Lipinski definition) is 2. The molecule has 0 aliphatic carbocycles. The smallest absolute Gasteiger partial charge is 0.0517 e. The van der Waals surface area contributed by atoms with Crippen molar-refractivity contribution in [3.05, 3.63) is 62.3 Å². The molecule has 0 saturated heterocycles. The molecule has 0 aliphatic rings. The minimum absolute atomic E-state index is 0.0572. The van der Waals surface area contributed by atoms with E-state index in [1.165, 1.54) is 11.1 Å².